The molecule has 3 aromatic rings. The predicted molar refractivity (Wildman–Crippen MR) is 101 cm³/mol. The fourth-order valence-corrected chi connectivity index (χ4v) is 3.05. The molecule has 2 aromatic carbocycles. The number of rotatable bonds is 3. The van der Waals surface area contributed by atoms with Crippen molar-refractivity contribution >= 4 is 28.5 Å². The van der Waals surface area contributed by atoms with Crippen molar-refractivity contribution in [3.8, 4) is 11.6 Å². The van der Waals surface area contributed by atoms with Crippen LogP contribution in [0.5, 0.6) is 11.6 Å². The van der Waals surface area contributed by atoms with E-state index in [4.69, 9.17) is 26.3 Å². The quantitative estimate of drug-likeness (QED) is 0.715. The number of para-hydroxylation sites is 1. The molecule has 0 N–H and O–H groups in total. The fourth-order valence-electron chi connectivity index (χ4n) is 2.89. The standard InChI is InChI=1S/C19H19ClN4O/c1-23-9-11-24(12-10-23)19-21-17-13-14(20)7-8-16(17)18(22-19)25-15-5-3-2-4-6-15/h2-8,13H,9-12H2,1H3. The van der Waals surface area contributed by atoms with Gasteiger partial charge in [-0.1, -0.05) is 29.8 Å². The maximum absolute atomic E-state index is 6.17. The first-order valence-electron chi connectivity index (χ1n) is 8.33. The fraction of sp³-hybridized carbons (Fsp3) is 0.263. The molecule has 1 aliphatic heterocycles. The molecule has 1 aromatic heterocycles. The summed E-state index contributed by atoms with van der Waals surface area (Å²) < 4.78 is 6.05. The Hall–Kier alpha value is -2.37. The number of halogens is 1. The van der Waals surface area contributed by atoms with Crippen molar-refractivity contribution in [1.29, 1.82) is 0 Å². The van der Waals surface area contributed by atoms with E-state index in [0.717, 1.165) is 42.8 Å². The molecular formula is C19H19ClN4O. The third kappa shape index (κ3) is 3.52. The van der Waals surface area contributed by atoms with E-state index < -0.39 is 0 Å². The van der Waals surface area contributed by atoms with Crippen LogP contribution in [0.3, 0.4) is 0 Å². The van der Waals surface area contributed by atoms with Crippen molar-refractivity contribution in [2.45, 2.75) is 0 Å². The number of benzene rings is 2. The van der Waals surface area contributed by atoms with Gasteiger partial charge in [-0.3, -0.25) is 0 Å². The molecule has 5 nitrogen and oxygen atoms in total. The molecule has 1 fully saturated rings. The lowest BCUT2D eigenvalue weighted by atomic mass is 10.2. The lowest BCUT2D eigenvalue weighted by Gasteiger charge is -2.32. The molecule has 2 heterocycles. The molecule has 0 bridgehead atoms. The largest absolute Gasteiger partial charge is 0.438 e. The normalized spacial score (nSPS) is 15.5. The minimum atomic E-state index is 0.557. The molecule has 0 aliphatic carbocycles. The summed E-state index contributed by atoms with van der Waals surface area (Å²) >= 11 is 6.17. The Kier molecular flexibility index (Phi) is 4.42. The second-order valence-electron chi connectivity index (χ2n) is 6.20. The number of fused-ring (bicyclic) bond motifs is 1. The zero-order chi connectivity index (χ0) is 17.2. The van der Waals surface area contributed by atoms with E-state index in [1.807, 2.05) is 48.5 Å². The molecule has 128 valence electrons. The summed E-state index contributed by atoms with van der Waals surface area (Å²) in [5.41, 5.74) is 0.794. The average Bonchev–Trinajstić information content (AvgIpc) is 2.62. The highest BCUT2D eigenvalue weighted by molar-refractivity contribution is 6.31. The maximum atomic E-state index is 6.17. The topological polar surface area (TPSA) is 41.5 Å². The minimum absolute atomic E-state index is 0.557. The maximum Gasteiger partial charge on any atom is 0.231 e. The van der Waals surface area contributed by atoms with E-state index in [0.29, 0.717) is 16.9 Å². The van der Waals surface area contributed by atoms with E-state index in [9.17, 15) is 0 Å². The van der Waals surface area contributed by atoms with Gasteiger partial charge in [0.05, 0.1) is 10.9 Å². The van der Waals surface area contributed by atoms with Crippen LogP contribution in [0.1, 0.15) is 0 Å². The van der Waals surface area contributed by atoms with Gasteiger partial charge in [0.1, 0.15) is 5.75 Å². The molecule has 0 saturated carbocycles. The molecule has 1 saturated heterocycles. The molecule has 0 radical (unpaired) electrons. The van der Waals surface area contributed by atoms with E-state index in [1.54, 1.807) is 0 Å². The van der Waals surface area contributed by atoms with Crippen molar-refractivity contribution in [3.63, 3.8) is 0 Å². The highest BCUT2D eigenvalue weighted by Crippen LogP contribution is 2.31. The number of ether oxygens (including phenoxy) is 1. The van der Waals surface area contributed by atoms with Crippen LogP contribution in [0.2, 0.25) is 5.02 Å². The molecule has 0 unspecified atom stereocenters. The molecule has 6 heteroatoms. The Morgan fingerprint density at radius 1 is 0.960 bits per heavy atom. The van der Waals surface area contributed by atoms with Gasteiger partial charge in [0.2, 0.25) is 11.8 Å². The summed E-state index contributed by atoms with van der Waals surface area (Å²) in [5, 5.41) is 1.51. The third-order valence-electron chi connectivity index (χ3n) is 4.36. The van der Waals surface area contributed by atoms with Crippen molar-refractivity contribution in [3.05, 3.63) is 53.6 Å². The molecule has 1 aliphatic rings. The van der Waals surface area contributed by atoms with E-state index in [-0.39, 0.29) is 0 Å². The van der Waals surface area contributed by atoms with Crippen molar-refractivity contribution in [2.75, 3.05) is 38.1 Å². The van der Waals surface area contributed by atoms with Crippen LogP contribution < -0.4 is 9.64 Å². The second-order valence-corrected chi connectivity index (χ2v) is 6.63. The van der Waals surface area contributed by atoms with Gasteiger partial charge in [0.25, 0.3) is 0 Å². The summed E-state index contributed by atoms with van der Waals surface area (Å²) in [6.45, 7) is 3.78. The predicted octanol–water partition coefficient (Wildman–Crippen LogP) is 3.83. The lowest BCUT2D eigenvalue weighted by Crippen LogP contribution is -2.45. The van der Waals surface area contributed by atoms with Crippen molar-refractivity contribution in [2.24, 2.45) is 0 Å². The van der Waals surface area contributed by atoms with Crippen LogP contribution in [0.15, 0.2) is 48.5 Å². The number of piperazine rings is 1. The van der Waals surface area contributed by atoms with Gasteiger partial charge in [0, 0.05) is 31.2 Å². The van der Waals surface area contributed by atoms with Crippen LogP contribution in [0.4, 0.5) is 5.95 Å². The smallest absolute Gasteiger partial charge is 0.231 e. The zero-order valence-corrected chi connectivity index (χ0v) is 14.8. The molecule has 25 heavy (non-hydrogen) atoms. The van der Waals surface area contributed by atoms with Crippen LogP contribution in [-0.2, 0) is 0 Å². The van der Waals surface area contributed by atoms with Gasteiger partial charge in [-0.25, -0.2) is 4.98 Å². The van der Waals surface area contributed by atoms with Gasteiger partial charge in [-0.05, 0) is 37.4 Å². The first kappa shape index (κ1) is 16.1. The highest BCUT2D eigenvalue weighted by atomic mass is 35.5. The summed E-state index contributed by atoms with van der Waals surface area (Å²) in [4.78, 5) is 13.9. The van der Waals surface area contributed by atoms with Gasteiger partial charge in [-0.2, -0.15) is 4.98 Å². The Balaban J connectivity index is 1.76. The van der Waals surface area contributed by atoms with Crippen LogP contribution >= 0.6 is 11.6 Å². The van der Waals surface area contributed by atoms with Crippen LogP contribution in [0.25, 0.3) is 10.9 Å². The molecule has 0 atom stereocenters. The first-order valence-corrected chi connectivity index (χ1v) is 8.70. The van der Waals surface area contributed by atoms with E-state index in [2.05, 4.69) is 16.8 Å². The number of nitrogens with zero attached hydrogens (tertiary/aromatic N) is 4. The Bertz CT molecular complexity index is 879. The first-order chi connectivity index (χ1) is 12.2. The molecule has 0 spiro atoms. The van der Waals surface area contributed by atoms with Crippen LogP contribution in [0, 0.1) is 0 Å². The summed E-state index contributed by atoms with van der Waals surface area (Å²) in [5.74, 6) is 2.00. The molecule has 0 amide bonds. The van der Waals surface area contributed by atoms with Crippen molar-refractivity contribution < 1.29 is 4.74 Å². The van der Waals surface area contributed by atoms with E-state index >= 15 is 0 Å². The Labute approximate surface area is 151 Å². The summed E-state index contributed by atoms with van der Waals surface area (Å²) in [7, 11) is 2.13. The number of aromatic nitrogens is 2. The number of anilines is 1. The second kappa shape index (κ2) is 6.86. The van der Waals surface area contributed by atoms with Gasteiger partial charge in [0.15, 0.2) is 0 Å². The third-order valence-corrected chi connectivity index (χ3v) is 4.59. The molecular weight excluding hydrogens is 336 g/mol. The Morgan fingerprint density at radius 2 is 1.72 bits per heavy atom. The van der Waals surface area contributed by atoms with Crippen LogP contribution in [-0.4, -0.2) is 48.1 Å². The van der Waals surface area contributed by atoms with Crippen molar-refractivity contribution in [1.82, 2.24) is 14.9 Å². The highest BCUT2D eigenvalue weighted by Gasteiger charge is 2.19. The SMILES string of the molecule is CN1CCN(c2nc(Oc3ccccc3)c3ccc(Cl)cc3n2)CC1. The van der Waals surface area contributed by atoms with E-state index in [1.165, 1.54) is 0 Å². The van der Waals surface area contributed by atoms with Gasteiger partial charge in [-0.15, -0.1) is 0 Å². The summed E-state index contributed by atoms with van der Waals surface area (Å²) in [6.07, 6.45) is 0. The average molecular weight is 355 g/mol. The number of hydrogen-bond acceptors (Lipinski definition) is 5. The zero-order valence-electron chi connectivity index (χ0n) is 14.0. The minimum Gasteiger partial charge on any atom is -0.438 e. The van der Waals surface area contributed by atoms with Gasteiger partial charge < -0.3 is 14.5 Å². The number of hydrogen-bond donors (Lipinski definition) is 0. The monoisotopic (exact) mass is 354 g/mol. The number of likely N-dealkylation sites (N-methyl/N-ethyl adjacent to an activating group) is 1. The lowest BCUT2D eigenvalue weighted by molar-refractivity contribution is 0.311. The van der Waals surface area contributed by atoms with Gasteiger partial charge >= 0.3 is 0 Å². The summed E-state index contributed by atoms with van der Waals surface area (Å²) in [6, 6.07) is 15.3. The Morgan fingerprint density at radius 3 is 2.48 bits per heavy atom. The molecule has 4 rings (SSSR count).